The van der Waals surface area contributed by atoms with E-state index < -0.39 is 0 Å². The molecule has 3 aromatic rings. The number of benzene rings is 1. The quantitative estimate of drug-likeness (QED) is 0.703. The van der Waals surface area contributed by atoms with Gasteiger partial charge in [-0.15, -0.1) is 0 Å². The predicted octanol–water partition coefficient (Wildman–Crippen LogP) is 1.42. The second kappa shape index (κ2) is 6.54. The van der Waals surface area contributed by atoms with E-state index in [1.165, 1.54) is 12.5 Å². The third-order valence-corrected chi connectivity index (χ3v) is 5.77. The van der Waals surface area contributed by atoms with Crippen LogP contribution in [0.1, 0.15) is 30.1 Å². The van der Waals surface area contributed by atoms with E-state index in [9.17, 15) is 9.59 Å². The van der Waals surface area contributed by atoms with Crippen molar-refractivity contribution in [3.05, 3.63) is 46.6 Å². The molecule has 2 aliphatic rings. The number of fused-ring (bicyclic) bond motifs is 4. The maximum atomic E-state index is 13.5. The predicted molar refractivity (Wildman–Crippen MR) is 110 cm³/mol. The molecular weight excluding hydrogens is 370 g/mol. The lowest BCUT2D eigenvalue weighted by molar-refractivity contribution is 0.0988. The molecule has 5 rings (SSSR count). The summed E-state index contributed by atoms with van der Waals surface area (Å²) in [5.41, 5.74) is 7.27. The zero-order valence-corrected chi connectivity index (χ0v) is 16.1. The molecule has 0 saturated carbocycles. The molecule has 0 unspecified atom stereocenters. The van der Waals surface area contributed by atoms with Crippen LogP contribution < -0.4 is 21.1 Å². The maximum Gasteiger partial charge on any atom is 0.263 e. The number of para-hydroxylation sites is 1. The van der Waals surface area contributed by atoms with E-state index >= 15 is 0 Å². The van der Waals surface area contributed by atoms with Crippen LogP contribution in [0.5, 0.6) is 0 Å². The SMILES string of the molecule is CCn1cnc2c(N3C[C@@H]4CCCN4c4nc(N)ncc4C3=O)cccc2c1=O. The topological polar surface area (TPSA) is 110 Å². The number of carbonyl (C=O) groups excluding carboxylic acids is 1. The first-order valence-electron chi connectivity index (χ1n) is 9.77. The van der Waals surface area contributed by atoms with Crippen LogP contribution >= 0.6 is 0 Å². The molecule has 0 aliphatic carbocycles. The van der Waals surface area contributed by atoms with Crippen LogP contribution in [0.25, 0.3) is 10.9 Å². The molecule has 0 spiro atoms. The molecule has 1 fully saturated rings. The lowest BCUT2D eigenvalue weighted by Crippen LogP contribution is -2.40. The first-order valence-corrected chi connectivity index (χ1v) is 9.77. The molecule has 0 bridgehead atoms. The van der Waals surface area contributed by atoms with Crippen LogP contribution in [0.4, 0.5) is 17.5 Å². The molecule has 1 saturated heterocycles. The number of nitrogen functional groups attached to an aromatic ring is 1. The average molecular weight is 391 g/mol. The van der Waals surface area contributed by atoms with Gasteiger partial charge in [-0.25, -0.2) is 9.97 Å². The largest absolute Gasteiger partial charge is 0.368 e. The van der Waals surface area contributed by atoms with Crippen molar-refractivity contribution in [2.24, 2.45) is 0 Å². The van der Waals surface area contributed by atoms with Gasteiger partial charge in [0.1, 0.15) is 16.9 Å². The molecule has 9 heteroatoms. The third-order valence-electron chi connectivity index (χ3n) is 5.77. The summed E-state index contributed by atoms with van der Waals surface area (Å²) in [6.07, 6.45) is 5.01. The van der Waals surface area contributed by atoms with E-state index in [0.717, 1.165) is 19.4 Å². The zero-order chi connectivity index (χ0) is 20.1. The summed E-state index contributed by atoms with van der Waals surface area (Å²) < 4.78 is 1.56. The molecule has 29 heavy (non-hydrogen) atoms. The van der Waals surface area contributed by atoms with Crippen molar-refractivity contribution in [2.45, 2.75) is 32.4 Å². The van der Waals surface area contributed by atoms with Crippen molar-refractivity contribution >= 4 is 34.3 Å². The minimum Gasteiger partial charge on any atom is -0.368 e. The van der Waals surface area contributed by atoms with Gasteiger partial charge in [-0.05, 0) is 31.9 Å². The fraction of sp³-hybridized carbons (Fsp3) is 0.350. The van der Waals surface area contributed by atoms with E-state index in [1.54, 1.807) is 21.6 Å². The lowest BCUT2D eigenvalue weighted by Gasteiger charge is -2.27. The molecule has 4 heterocycles. The van der Waals surface area contributed by atoms with E-state index in [0.29, 0.717) is 41.1 Å². The van der Waals surface area contributed by atoms with E-state index in [1.807, 2.05) is 13.0 Å². The Morgan fingerprint density at radius 2 is 2.10 bits per heavy atom. The summed E-state index contributed by atoms with van der Waals surface area (Å²) in [6, 6.07) is 5.51. The van der Waals surface area contributed by atoms with Crippen LogP contribution in [0, 0.1) is 0 Å². The number of aryl methyl sites for hydroxylation is 1. The first-order chi connectivity index (χ1) is 14.1. The smallest absolute Gasteiger partial charge is 0.263 e. The molecule has 2 aromatic heterocycles. The Morgan fingerprint density at radius 3 is 2.93 bits per heavy atom. The zero-order valence-electron chi connectivity index (χ0n) is 16.1. The van der Waals surface area contributed by atoms with Crippen LogP contribution in [-0.2, 0) is 6.54 Å². The highest BCUT2D eigenvalue weighted by molar-refractivity contribution is 6.12. The molecule has 1 aromatic carbocycles. The highest BCUT2D eigenvalue weighted by Crippen LogP contribution is 2.35. The molecular formula is C20H21N7O2. The second-order valence-corrected chi connectivity index (χ2v) is 7.38. The van der Waals surface area contributed by atoms with Crippen LogP contribution in [0.3, 0.4) is 0 Å². The first kappa shape index (κ1) is 17.6. The normalized spacial score (nSPS) is 18.7. The Balaban J connectivity index is 1.70. The maximum absolute atomic E-state index is 13.5. The number of nitrogens with zero attached hydrogens (tertiary/aromatic N) is 6. The van der Waals surface area contributed by atoms with Gasteiger partial charge in [0.15, 0.2) is 0 Å². The second-order valence-electron chi connectivity index (χ2n) is 7.38. The monoisotopic (exact) mass is 391 g/mol. The number of carbonyl (C=O) groups is 1. The summed E-state index contributed by atoms with van der Waals surface area (Å²) in [6.45, 7) is 3.75. The van der Waals surface area contributed by atoms with E-state index in [2.05, 4.69) is 19.9 Å². The number of nitrogens with two attached hydrogens (primary N) is 1. The highest BCUT2D eigenvalue weighted by Gasteiger charge is 2.38. The molecule has 9 nitrogen and oxygen atoms in total. The number of rotatable bonds is 2. The Kier molecular flexibility index (Phi) is 3.97. The Labute approximate surface area is 166 Å². The van der Waals surface area contributed by atoms with Crippen molar-refractivity contribution in [1.82, 2.24) is 19.5 Å². The van der Waals surface area contributed by atoms with E-state index in [-0.39, 0.29) is 23.5 Å². The summed E-state index contributed by atoms with van der Waals surface area (Å²) in [5, 5.41) is 0.501. The minimum absolute atomic E-state index is 0.111. The summed E-state index contributed by atoms with van der Waals surface area (Å²) in [5.74, 6) is 0.542. The van der Waals surface area contributed by atoms with Crippen molar-refractivity contribution in [3.8, 4) is 0 Å². The fourth-order valence-corrected chi connectivity index (χ4v) is 4.32. The Morgan fingerprint density at radius 1 is 1.24 bits per heavy atom. The molecule has 148 valence electrons. The molecule has 0 radical (unpaired) electrons. The van der Waals surface area contributed by atoms with Crippen LogP contribution in [-0.4, -0.2) is 44.6 Å². The standard InChI is InChI=1S/C20H21N7O2/c1-2-25-11-23-16-13(18(25)28)6-3-7-15(16)27-10-12-5-4-8-26(12)17-14(19(27)29)9-22-20(21)24-17/h3,6-7,9,11-12H,2,4-5,8,10H2,1H3,(H2,21,22,24)/t12-/m0/s1. The van der Waals surface area contributed by atoms with Gasteiger partial charge in [0.2, 0.25) is 5.95 Å². The number of hydrogen-bond donors (Lipinski definition) is 1. The summed E-state index contributed by atoms with van der Waals surface area (Å²) in [7, 11) is 0. The van der Waals surface area contributed by atoms with Gasteiger partial charge < -0.3 is 15.5 Å². The van der Waals surface area contributed by atoms with E-state index in [4.69, 9.17) is 5.73 Å². The Bertz CT molecular complexity index is 1190. The fourth-order valence-electron chi connectivity index (χ4n) is 4.32. The molecule has 2 aliphatic heterocycles. The summed E-state index contributed by atoms with van der Waals surface area (Å²) >= 11 is 0. The third kappa shape index (κ3) is 2.65. The van der Waals surface area contributed by atoms with Gasteiger partial charge in [-0.1, -0.05) is 6.07 Å². The molecule has 2 N–H and O–H groups in total. The minimum atomic E-state index is -0.205. The summed E-state index contributed by atoms with van der Waals surface area (Å²) in [4.78, 5) is 43.0. The van der Waals surface area contributed by atoms with Crippen molar-refractivity contribution < 1.29 is 4.79 Å². The van der Waals surface area contributed by atoms with Gasteiger partial charge in [0, 0.05) is 31.9 Å². The molecule has 1 amide bonds. The average Bonchev–Trinajstić information content (AvgIpc) is 3.16. The number of amides is 1. The van der Waals surface area contributed by atoms with Crippen molar-refractivity contribution in [2.75, 3.05) is 28.6 Å². The van der Waals surface area contributed by atoms with Crippen molar-refractivity contribution in [1.29, 1.82) is 0 Å². The number of anilines is 3. The van der Waals surface area contributed by atoms with Gasteiger partial charge in [0.05, 0.1) is 17.4 Å². The van der Waals surface area contributed by atoms with Gasteiger partial charge in [0.25, 0.3) is 11.5 Å². The van der Waals surface area contributed by atoms with Crippen LogP contribution in [0.15, 0.2) is 35.5 Å². The van der Waals surface area contributed by atoms with Gasteiger partial charge >= 0.3 is 0 Å². The molecule has 1 atom stereocenters. The van der Waals surface area contributed by atoms with Crippen molar-refractivity contribution in [3.63, 3.8) is 0 Å². The lowest BCUT2D eigenvalue weighted by atomic mass is 10.1. The van der Waals surface area contributed by atoms with Gasteiger partial charge in [-0.2, -0.15) is 4.98 Å². The van der Waals surface area contributed by atoms with Crippen LogP contribution in [0.2, 0.25) is 0 Å². The Hall–Kier alpha value is -3.49. The van der Waals surface area contributed by atoms with Gasteiger partial charge in [-0.3, -0.25) is 14.2 Å². The highest BCUT2D eigenvalue weighted by atomic mass is 16.2. The number of aromatic nitrogens is 4. The number of hydrogen-bond acceptors (Lipinski definition) is 7.